The lowest BCUT2D eigenvalue weighted by atomic mass is 9.86. The third-order valence-corrected chi connectivity index (χ3v) is 3.36. The standard InChI is InChI=1S/C12H14Cl2O2/c1-12(2,7-13)11(15)9-6-8(16-3)4-5-10(9)14/h4-6H,7H2,1-3H3. The summed E-state index contributed by atoms with van der Waals surface area (Å²) in [5.41, 5.74) is -0.177. The smallest absolute Gasteiger partial charge is 0.171 e. The Hall–Kier alpha value is -0.730. The fourth-order valence-corrected chi connectivity index (χ4v) is 1.56. The Morgan fingerprint density at radius 2 is 2.06 bits per heavy atom. The van der Waals surface area contributed by atoms with Gasteiger partial charge < -0.3 is 4.74 Å². The maximum absolute atomic E-state index is 12.2. The van der Waals surface area contributed by atoms with Crippen LogP contribution in [0.5, 0.6) is 5.75 Å². The average molecular weight is 261 g/mol. The summed E-state index contributed by atoms with van der Waals surface area (Å²) < 4.78 is 5.06. The van der Waals surface area contributed by atoms with E-state index in [0.29, 0.717) is 16.3 Å². The van der Waals surface area contributed by atoms with Gasteiger partial charge in [-0.2, -0.15) is 0 Å². The zero-order chi connectivity index (χ0) is 12.3. The van der Waals surface area contributed by atoms with Crippen molar-refractivity contribution in [2.24, 2.45) is 5.41 Å². The lowest BCUT2D eigenvalue weighted by Crippen LogP contribution is -2.26. The molecular formula is C12H14Cl2O2. The highest BCUT2D eigenvalue weighted by atomic mass is 35.5. The lowest BCUT2D eigenvalue weighted by Gasteiger charge is -2.20. The summed E-state index contributed by atoms with van der Waals surface area (Å²) in [6.45, 7) is 3.58. The molecule has 0 saturated heterocycles. The molecular weight excluding hydrogens is 247 g/mol. The van der Waals surface area contributed by atoms with Crippen molar-refractivity contribution in [3.05, 3.63) is 28.8 Å². The minimum absolute atomic E-state index is 0.0774. The highest BCUT2D eigenvalue weighted by Gasteiger charge is 2.29. The van der Waals surface area contributed by atoms with Crippen molar-refractivity contribution < 1.29 is 9.53 Å². The molecule has 2 nitrogen and oxygen atoms in total. The monoisotopic (exact) mass is 260 g/mol. The van der Waals surface area contributed by atoms with Crippen LogP contribution in [0.15, 0.2) is 18.2 Å². The molecule has 0 heterocycles. The van der Waals surface area contributed by atoms with Crippen LogP contribution in [0.2, 0.25) is 5.02 Å². The van der Waals surface area contributed by atoms with Crippen LogP contribution >= 0.6 is 23.2 Å². The molecule has 0 aliphatic carbocycles. The van der Waals surface area contributed by atoms with Gasteiger partial charge in [0.25, 0.3) is 0 Å². The number of hydrogen-bond donors (Lipinski definition) is 0. The van der Waals surface area contributed by atoms with E-state index in [4.69, 9.17) is 27.9 Å². The fraction of sp³-hybridized carbons (Fsp3) is 0.417. The van der Waals surface area contributed by atoms with Crippen LogP contribution in [0, 0.1) is 5.41 Å². The van der Waals surface area contributed by atoms with Gasteiger partial charge in [-0.25, -0.2) is 0 Å². The molecule has 0 spiro atoms. The van der Waals surface area contributed by atoms with Crippen LogP contribution in [0.1, 0.15) is 24.2 Å². The number of ether oxygens (including phenoxy) is 1. The first-order chi connectivity index (χ1) is 7.42. The predicted octanol–water partition coefficient (Wildman–Crippen LogP) is 3.80. The van der Waals surface area contributed by atoms with Gasteiger partial charge in [0.2, 0.25) is 0 Å². The topological polar surface area (TPSA) is 26.3 Å². The van der Waals surface area contributed by atoms with E-state index in [0.717, 1.165) is 0 Å². The van der Waals surface area contributed by atoms with E-state index < -0.39 is 5.41 Å². The number of carbonyl (C=O) groups excluding carboxylic acids is 1. The minimum Gasteiger partial charge on any atom is -0.497 e. The number of benzene rings is 1. The quantitative estimate of drug-likeness (QED) is 0.608. The average Bonchev–Trinajstić information content (AvgIpc) is 2.29. The van der Waals surface area contributed by atoms with Crippen LogP contribution in [0.3, 0.4) is 0 Å². The Morgan fingerprint density at radius 1 is 1.44 bits per heavy atom. The summed E-state index contributed by atoms with van der Waals surface area (Å²) >= 11 is 11.8. The van der Waals surface area contributed by atoms with Crippen molar-refractivity contribution >= 4 is 29.0 Å². The van der Waals surface area contributed by atoms with Crippen LogP contribution in [0.25, 0.3) is 0 Å². The number of methoxy groups -OCH3 is 1. The molecule has 1 rings (SSSR count). The predicted molar refractivity (Wildman–Crippen MR) is 66.8 cm³/mol. The summed E-state index contributed by atoms with van der Waals surface area (Å²) in [4.78, 5) is 12.2. The molecule has 1 aromatic rings. The molecule has 0 saturated carbocycles. The molecule has 88 valence electrons. The number of Topliss-reactive ketones (excluding diaryl/α,β-unsaturated/α-hetero) is 1. The van der Waals surface area contributed by atoms with Crippen molar-refractivity contribution in [2.75, 3.05) is 13.0 Å². The van der Waals surface area contributed by atoms with Crippen LogP contribution in [-0.4, -0.2) is 18.8 Å². The van der Waals surface area contributed by atoms with Crippen LogP contribution < -0.4 is 4.74 Å². The lowest BCUT2D eigenvalue weighted by molar-refractivity contribution is 0.0862. The fourth-order valence-electron chi connectivity index (χ4n) is 1.23. The van der Waals surface area contributed by atoms with E-state index in [1.807, 2.05) is 0 Å². The highest BCUT2D eigenvalue weighted by Crippen LogP contribution is 2.30. The summed E-state index contributed by atoms with van der Waals surface area (Å²) in [7, 11) is 1.55. The molecule has 4 heteroatoms. The molecule has 0 radical (unpaired) electrons. The molecule has 0 fully saturated rings. The highest BCUT2D eigenvalue weighted by molar-refractivity contribution is 6.34. The van der Waals surface area contributed by atoms with E-state index in [-0.39, 0.29) is 11.7 Å². The molecule has 0 N–H and O–H groups in total. The molecule has 1 aromatic carbocycles. The van der Waals surface area contributed by atoms with Gasteiger partial charge >= 0.3 is 0 Å². The second-order valence-electron chi connectivity index (χ2n) is 4.19. The van der Waals surface area contributed by atoms with Gasteiger partial charge in [-0.05, 0) is 18.2 Å². The van der Waals surface area contributed by atoms with Crippen molar-refractivity contribution in [1.29, 1.82) is 0 Å². The molecule has 0 aliphatic rings. The Labute approximate surface area is 106 Å². The van der Waals surface area contributed by atoms with Crippen LogP contribution in [-0.2, 0) is 0 Å². The maximum Gasteiger partial charge on any atom is 0.171 e. The van der Waals surface area contributed by atoms with Gasteiger partial charge in [-0.3, -0.25) is 4.79 Å². The molecule has 0 bridgehead atoms. The van der Waals surface area contributed by atoms with Gasteiger partial charge in [-0.15, -0.1) is 11.6 Å². The third kappa shape index (κ3) is 2.69. The second kappa shape index (κ2) is 5.07. The Kier molecular flexibility index (Phi) is 4.22. The number of rotatable bonds is 4. The van der Waals surface area contributed by atoms with E-state index in [2.05, 4.69) is 0 Å². The maximum atomic E-state index is 12.2. The van der Waals surface area contributed by atoms with Gasteiger partial charge in [0.15, 0.2) is 5.78 Å². The van der Waals surface area contributed by atoms with E-state index in [1.165, 1.54) is 0 Å². The first-order valence-electron chi connectivity index (χ1n) is 4.86. The van der Waals surface area contributed by atoms with E-state index in [1.54, 1.807) is 39.2 Å². The second-order valence-corrected chi connectivity index (χ2v) is 4.87. The van der Waals surface area contributed by atoms with Crippen molar-refractivity contribution in [2.45, 2.75) is 13.8 Å². The van der Waals surface area contributed by atoms with Crippen molar-refractivity contribution in [3.8, 4) is 5.75 Å². The SMILES string of the molecule is COc1ccc(Cl)c(C(=O)C(C)(C)CCl)c1. The number of halogens is 2. The summed E-state index contributed by atoms with van der Waals surface area (Å²) in [6, 6.07) is 5.00. The van der Waals surface area contributed by atoms with Gasteiger partial charge in [-0.1, -0.05) is 25.4 Å². The normalized spacial score (nSPS) is 11.3. The van der Waals surface area contributed by atoms with Crippen molar-refractivity contribution in [1.82, 2.24) is 0 Å². The zero-order valence-corrected chi connectivity index (χ0v) is 11.0. The molecule has 0 aromatic heterocycles. The number of hydrogen-bond acceptors (Lipinski definition) is 2. The summed E-state index contributed by atoms with van der Waals surface area (Å²) in [5, 5.41) is 0.420. The molecule has 0 aliphatic heterocycles. The number of alkyl halides is 1. The van der Waals surface area contributed by atoms with E-state index >= 15 is 0 Å². The molecule has 0 atom stereocenters. The third-order valence-electron chi connectivity index (χ3n) is 2.37. The largest absolute Gasteiger partial charge is 0.497 e. The molecule has 16 heavy (non-hydrogen) atoms. The zero-order valence-electron chi connectivity index (χ0n) is 9.51. The van der Waals surface area contributed by atoms with Crippen molar-refractivity contribution in [3.63, 3.8) is 0 Å². The van der Waals surface area contributed by atoms with Gasteiger partial charge in [0.05, 0.1) is 12.1 Å². The molecule has 0 unspecified atom stereocenters. The Morgan fingerprint density at radius 3 is 2.56 bits per heavy atom. The number of carbonyl (C=O) groups is 1. The summed E-state index contributed by atoms with van der Waals surface area (Å²) in [6.07, 6.45) is 0. The minimum atomic E-state index is -0.627. The summed E-state index contributed by atoms with van der Waals surface area (Å²) in [5.74, 6) is 0.781. The van der Waals surface area contributed by atoms with Gasteiger partial charge in [0, 0.05) is 16.9 Å². The van der Waals surface area contributed by atoms with E-state index in [9.17, 15) is 4.79 Å². The van der Waals surface area contributed by atoms with Crippen LogP contribution in [0.4, 0.5) is 0 Å². The van der Waals surface area contributed by atoms with Gasteiger partial charge in [0.1, 0.15) is 5.75 Å². The Balaban J connectivity index is 3.17. The Bertz CT molecular complexity index is 400. The first kappa shape index (κ1) is 13.3. The molecule has 0 amide bonds. The number of ketones is 1. The first-order valence-corrected chi connectivity index (χ1v) is 5.78.